The summed E-state index contributed by atoms with van der Waals surface area (Å²) in [6.45, 7) is 0. The van der Waals surface area contributed by atoms with Crippen molar-refractivity contribution in [2.45, 2.75) is 12.0 Å². The van der Waals surface area contributed by atoms with Gasteiger partial charge in [-0.2, -0.15) is 0 Å². The molecule has 0 fully saturated rings. The number of rotatable bonds is 3. The molecule has 8 aromatic rings. The van der Waals surface area contributed by atoms with Gasteiger partial charge in [-0.1, -0.05) is 127 Å². The molecule has 46 heavy (non-hydrogen) atoms. The normalized spacial score (nSPS) is 16.6. The molecule has 10 rings (SSSR count). The van der Waals surface area contributed by atoms with Gasteiger partial charge in [-0.15, -0.1) is 11.3 Å². The van der Waals surface area contributed by atoms with Gasteiger partial charge in [0.05, 0.1) is 15.9 Å². The highest BCUT2D eigenvalue weighted by molar-refractivity contribution is 7.26. The Morgan fingerprint density at radius 1 is 0.609 bits per heavy atom. The minimum absolute atomic E-state index is 0.0268. The van der Waals surface area contributed by atoms with E-state index in [-0.39, 0.29) is 12.0 Å². The van der Waals surface area contributed by atoms with Gasteiger partial charge in [-0.25, -0.2) is 9.97 Å². The fourth-order valence-electron chi connectivity index (χ4n) is 7.35. The van der Waals surface area contributed by atoms with Crippen molar-refractivity contribution in [3.63, 3.8) is 0 Å². The number of thiophene rings is 1. The molecule has 0 saturated heterocycles. The topological polar surface area (TPSA) is 35.0 Å². The molecule has 0 N–H and O–H groups in total. The highest BCUT2D eigenvalue weighted by atomic mass is 32.1. The SMILES string of the molecule is C1=C(c2ccccc2)c2ccccc2C2Oc3cccc(-c4nc(-c5ccc6ccccc6c5)c5sc6ccccc6c5n4)c3C12. The van der Waals surface area contributed by atoms with Crippen LogP contribution in [0.3, 0.4) is 0 Å². The fourth-order valence-corrected chi connectivity index (χ4v) is 8.50. The summed E-state index contributed by atoms with van der Waals surface area (Å²) in [5, 5.41) is 3.58. The molecule has 1 aliphatic heterocycles. The summed E-state index contributed by atoms with van der Waals surface area (Å²) in [6.07, 6.45) is 2.30. The van der Waals surface area contributed by atoms with E-state index in [1.807, 2.05) is 0 Å². The molecule has 216 valence electrons. The van der Waals surface area contributed by atoms with Crippen molar-refractivity contribution in [2.75, 3.05) is 0 Å². The number of hydrogen-bond donors (Lipinski definition) is 0. The Morgan fingerprint density at radius 2 is 1.39 bits per heavy atom. The Morgan fingerprint density at radius 3 is 2.33 bits per heavy atom. The number of fused-ring (bicyclic) bond motifs is 9. The predicted octanol–water partition coefficient (Wildman–Crippen LogP) is 11.0. The van der Waals surface area contributed by atoms with Crippen LogP contribution in [0, 0.1) is 0 Å². The summed E-state index contributed by atoms with van der Waals surface area (Å²) >= 11 is 1.77. The molecule has 1 aliphatic carbocycles. The van der Waals surface area contributed by atoms with Gasteiger partial charge in [0.1, 0.15) is 11.9 Å². The van der Waals surface area contributed by atoms with E-state index < -0.39 is 0 Å². The van der Waals surface area contributed by atoms with E-state index in [0.717, 1.165) is 49.6 Å². The fraction of sp³-hybridized carbons (Fsp3) is 0.0476. The van der Waals surface area contributed by atoms with Crippen molar-refractivity contribution in [1.29, 1.82) is 0 Å². The summed E-state index contributed by atoms with van der Waals surface area (Å²) in [5.41, 5.74) is 10.1. The van der Waals surface area contributed by atoms with E-state index in [4.69, 9.17) is 14.7 Å². The Kier molecular flexibility index (Phi) is 5.57. The minimum atomic E-state index is -0.106. The average Bonchev–Trinajstić information content (AvgIpc) is 3.70. The summed E-state index contributed by atoms with van der Waals surface area (Å²) in [7, 11) is 0. The number of benzene rings is 6. The molecule has 0 saturated carbocycles. The van der Waals surface area contributed by atoms with Crippen LogP contribution in [0.5, 0.6) is 5.75 Å². The Hall–Kier alpha value is -5.58. The summed E-state index contributed by atoms with van der Waals surface area (Å²) in [6, 6.07) is 49.4. The maximum absolute atomic E-state index is 6.79. The Balaban J connectivity index is 1.22. The van der Waals surface area contributed by atoms with Crippen molar-refractivity contribution < 1.29 is 4.74 Å². The lowest BCUT2D eigenvalue weighted by atomic mass is 9.77. The maximum atomic E-state index is 6.79. The van der Waals surface area contributed by atoms with E-state index >= 15 is 0 Å². The van der Waals surface area contributed by atoms with Crippen LogP contribution in [0.4, 0.5) is 0 Å². The predicted molar refractivity (Wildman–Crippen MR) is 189 cm³/mol. The zero-order valence-electron chi connectivity index (χ0n) is 24.7. The Bertz CT molecular complexity index is 2530. The van der Waals surface area contributed by atoms with Crippen LogP contribution in [0.2, 0.25) is 0 Å². The molecular formula is C42H26N2OS. The average molecular weight is 607 g/mol. The van der Waals surface area contributed by atoms with Crippen molar-refractivity contribution >= 4 is 48.0 Å². The Labute approximate surface area is 270 Å². The molecule has 3 nitrogen and oxygen atoms in total. The first kappa shape index (κ1) is 25.7. The molecule has 2 unspecified atom stereocenters. The second-order valence-electron chi connectivity index (χ2n) is 12.0. The lowest BCUT2D eigenvalue weighted by Gasteiger charge is -2.27. The van der Waals surface area contributed by atoms with Crippen molar-refractivity contribution in [3.8, 4) is 28.4 Å². The zero-order valence-corrected chi connectivity index (χ0v) is 25.5. The quantitative estimate of drug-likeness (QED) is 0.201. The van der Waals surface area contributed by atoms with Crippen LogP contribution in [0.15, 0.2) is 146 Å². The third-order valence-corrected chi connectivity index (χ3v) is 10.6. The van der Waals surface area contributed by atoms with Gasteiger partial charge in [0.25, 0.3) is 0 Å². The van der Waals surface area contributed by atoms with Crippen LogP contribution >= 0.6 is 11.3 Å². The number of ether oxygens (including phenoxy) is 1. The number of nitrogens with zero attached hydrogens (tertiary/aromatic N) is 2. The van der Waals surface area contributed by atoms with Crippen LogP contribution < -0.4 is 4.74 Å². The lowest BCUT2D eigenvalue weighted by Crippen LogP contribution is -2.16. The van der Waals surface area contributed by atoms with Crippen LogP contribution in [0.1, 0.15) is 34.3 Å². The third kappa shape index (κ3) is 3.84. The van der Waals surface area contributed by atoms with E-state index in [2.05, 4.69) is 146 Å². The molecule has 2 atom stereocenters. The van der Waals surface area contributed by atoms with Gasteiger partial charge in [0.2, 0.25) is 0 Å². The summed E-state index contributed by atoms with van der Waals surface area (Å²) in [4.78, 5) is 10.7. The van der Waals surface area contributed by atoms with Crippen molar-refractivity contribution in [1.82, 2.24) is 9.97 Å². The highest BCUT2D eigenvalue weighted by Gasteiger charge is 2.41. The number of aromatic nitrogens is 2. The van der Waals surface area contributed by atoms with E-state index in [1.54, 1.807) is 11.3 Å². The maximum Gasteiger partial charge on any atom is 0.160 e. The molecule has 2 aliphatic rings. The van der Waals surface area contributed by atoms with Crippen LogP contribution in [0.25, 0.3) is 59.3 Å². The van der Waals surface area contributed by atoms with Gasteiger partial charge in [-0.05, 0) is 45.7 Å². The summed E-state index contributed by atoms with van der Waals surface area (Å²) in [5.74, 6) is 1.66. The van der Waals surface area contributed by atoms with Gasteiger partial charge >= 0.3 is 0 Å². The molecule has 4 heteroatoms. The van der Waals surface area contributed by atoms with Crippen molar-refractivity contribution in [3.05, 3.63) is 168 Å². The van der Waals surface area contributed by atoms with E-state index in [9.17, 15) is 0 Å². The molecule has 0 radical (unpaired) electrons. The first-order valence-electron chi connectivity index (χ1n) is 15.6. The zero-order chi connectivity index (χ0) is 30.2. The van der Waals surface area contributed by atoms with Gasteiger partial charge in [0, 0.05) is 38.3 Å². The third-order valence-electron chi connectivity index (χ3n) is 9.45. The highest BCUT2D eigenvalue weighted by Crippen LogP contribution is 2.55. The largest absolute Gasteiger partial charge is 0.484 e. The first-order valence-corrected chi connectivity index (χ1v) is 16.5. The first-order chi connectivity index (χ1) is 22.8. The van der Waals surface area contributed by atoms with Gasteiger partial charge in [-0.3, -0.25) is 0 Å². The second-order valence-corrected chi connectivity index (χ2v) is 13.1. The molecule has 6 aromatic carbocycles. The van der Waals surface area contributed by atoms with Crippen LogP contribution in [-0.2, 0) is 0 Å². The van der Waals surface area contributed by atoms with Crippen molar-refractivity contribution in [2.24, 2.45) is 0 Å². The molecule has 3 heterocycles. The molecule has 0 bridgehead atoms. The molecular weight excluding hydrogens is 581 g/mol. The smallest absolute Gasteiger partial charge is 0.160 e. The van der Waals surface area contributed by atoms with Gasteiger partial charge in [0.15, 0.2) is 5.82 Å². The minimum Gasteiger partial charge on any atom is -0.484 e. The number of hydrogen-bond acceptors (Lipinski definition) is 4. The molecule has 0 amide bonds. The van der Waals surface area contributed by atoms with E-state index in [1.165, 1.54) is 37.7 Å². The standard InChI is InChI=1S/C42H26N2OS/c1-2-12-26(13-3-1)33-24-34-37-32(18-10-19-35(37)45-40(34)30-16-7-6-15-29(30)33)42-43-38(28-22-21-25-11-4-5-14-27(25)23-28)41-39(44-42)31-17-8-9-20-36(31)46-41/h1-24,34,40H. The summed E-state index contributed by atoms with van der Waals surface area (Å²) < 4.78 is 9.12. The van der Waals surface area contributed by atoms with Gasteiger partial charge < -0.3 is 4.74 Å². The lowest BCUT2D eigenvalue weighted by molar-refractivity contribution is 0.223. The monoisotopic (exact) mass is 606 g/mol. The second kappa shape index (κ2) is 9.96. The van der Waals surface area contributed by atoms with Crippen LogP contribution in [-0.4, -0.2) is 9.97 Å². The molecule has 0 spiro atoms. The van der Waals surface area contributed by atoms with E-state index in [0.29, 0.717) is 0 Å². The molecule has 2 aromatic heterocycles.